The summed E-state index contributed by atoms with van der Waals surface area (Å²) in [6.07, 6.45) is 2.81. The Morgan fingerprint density at radius 2 is 2.06 bits per heavy atom. The second kappa shape index (κ2) is 5.71. The van der Waals surface area contributed by atoms with Crippen molar-refractivity contribution in [2.75, 3.05) is 26.2 Å². The SMILES string of the molecule is CCN=C(NCC)NC1CN(C2CC2)CC1C. The third-order valence-electron chi connectivity index (χ3n) is 3.69. The molecule has 1 heterocycles. The molecular formula is C13H26N4. The highest BCUT2D eigenvalue weighted by Crippen LogP contribution is 2.31. The Morgan fingerprint density at radius 1 is 1.29 bits per heavy atom. The van der Waals surface area contributed by atoms with E-state index in [0.29, 0.717) is 6.04 Å². The van der Waals surface area contributed by atoms with Crippen LogP contribution in [0.3, 0.4) is 0 Å². The van der Waals surface area contributed by atoms with Crippen molar-refractivity contribution >= 4 is 5.96 Å². The molecule has 2 aliphatic rings. The Bertz CT molecular complexity index is 273. The number of nitrogens with zero attached hydrogens (tertiary/aromatic N) is 2. The molecule has 1 aliphatic heterocycles. The molecule has 2 rings (SSSR count). The van der Waals surface area contributed by atoms with Gasteiger partial charge in [-0.3, -0.25) is 9.89 Å². The van der Waals surface area contributed by atoms with Gasteiger partial charge in [-0.2, -0.15) is 0 Å². The smallest absolute Gasteiger partial charge is 0.191 e. The average Bonchev–Trinajstić information content (AvgIpc) is 3.06. The molecule has 2 atom stereocenters. The molecule has 1 saturated heterocycles. The quantitative estimate of drug-likeness (QED) is 0.568. The molecule has 4 heteroatoms. The summed E-state index contributed by atoms with van der Waals surface area (Å²) in [4.78, 5) is 7.11. The highest BCUT2D eigenvalue weighted by atomic mass is 15.3. The fourth-order valence-corrected chi connectivity index (χ4v) is 2.58. The van der Waals surface area contributed by atoms with Gasteiger partial charge in [-0.15, -0.1) is 0 Å². The summed E-state index contributed by atoms with van der Waals surface area (Å²) in [5.41, 5.74) is 0. The average molecular weight is 238 g/mol. The minimum Gasteiger partial charge on any atom is -0.357 e. The van der Waals surface area contributed by atoms with E-state index in [0.717, 1.165) is 31.0 Å². The predicted molar refractivity (Wildman–Crippen MR) is 72.3 cm³/mol. The minimum atomic E-state index is 0.556. The maximum absolute atomic E-state index is 4.47. The van der Waals surface area contributed by atoms with Crippen LogP contribution in [0, 0.1) is 5.92 Å². The zero-order valence-electron chi connectivity index (χ0n) is 11.4. The molecule has 0 radical (unpaired) electrons. The minimum absolute atomic E-state index is 0.556. The van der Waals surface area contributed by atoms with Crippen LogP contribution >= 0.6 is 0 Å². The van der Waals surface area contributed by atoms with Gasteiger partial charge in [0.05, 0.1) is 0 Å². The van der Waals surface area contributed by atoms with Crippen molar-refractivity contribution in [2.45, 2.75) is 45.7 Å². The van der Waals surface area contributed by atoms with Crippen molar-refractivity contribution in [3.63, 3.8) is 0 Å². The molecule has 0 spiro atoms. The van der Waals surface area contributed by atoms with Crippen molar-refractivity contribution in [3.8, 4) is 0 Å². The van der Waals surface area contributed by atoms with Crippen LogP contribution in [-0.2, 0) is 0 Å². The third-order valence-corrected chi connectivity index (χ3v) is 3.69. The maximum Gasteiger partial charge on any atom is 0.191 e. The summed E-state index contributed by atoms with van der Waals surface area (Å²) in [6, 6.07) is 1.44. The van der Waals surface area contributed by atoms with Gasteiger partial charge in [-0.25, -0.2) is 0 Å². The van der Waals surface area contributed by atoms with Gasteiger partial charge in [-0.1, -0.05) is 6.92 Å². The number of hydrogen-bond donors (Lipinski definition) is 2. The second-order valence-corrected chi connectivity index (χ2v) is 5.27. The molecule has 0 aromatic heterocycles. The Labute approximate surface area is 105 Å². The first-order valence-corrected chi connectivity index (χ1v) is 7.03. The monoisotopic (exact) mass is 238 g/mol. The first-order valence-electron chi connectivity index (χ1n) is 7.03. The van der Waals surface area contributed by atoms with Gasteiger partial charge in [-0.05, 0) is 32.6 Å². The molecular weight excluding hydrogens is 212 g/mol. The van der Waals surface area contributed by atoms with E-state index in [4.69, 9.17) is 0 Å². The predicted octanol–water partition coefficient (Wildman–Crippen LogP) is 1.04. The van der Waals surface area contributed by atoms with Gasteiger partial charge in [0.15, 0.2) is 5.96 Å². The number of aliphatic imine (C=N–C) groups is 1. The van der Waals surface area contributed by atoms with Crippen molar-refractivity contribution in [3.05, 3.63) is 0 Å². The molecule has 98 valence electrons. The van der Waals surface area contributed by atoms with E-state index in [-0.39, 0.29) is 0 Å². The lowest BCUT2D eigenvalue weighted by atomic mass is 10.1. The number of guanidine groups is 1. The second-order valence-electron chi connectivity index (χ2n) is 5.27. The van der Waals surface area contributed by atoms with Gasteiger partial charge in [0, 0.05) is 38.3 Å². The maximum atomic E-state index is 4.47. The van der Waals surface area contributed by atoms with Gasteiger partial charge in [0.2, 0.25) is 0 Å². The first-order chi connectivity index (χ1) is 8.24. The van der Waals surface area contributed by atoms with Crippen molar-refractivity contribution in [2.24, 2.45) is 10.9 Å². The van der Waals surface area contributed by atoms with Crippen LogP contribution in [0.4, 0.5) is 0 Å². The summed E-state index contributed by atoms with van der Waals surface area (Å²) in [6.45, 7) is 10.7. The molecule has 2 fully saturated rings. The van der Waals surface area contributed by atoms with E-state index >= 15 is 0 Å². The van der Waals surface area contributed by atoms with E-state index in [1.165, 1.54) is 25.9 Å². The molecule has 1 saturated carbocycles. The van der Waals surface area contributed by atoms with Crippen LogP contribution in [0.25, 0.3) is 0 Å². The lowest BCUT2D eigenvalue weighted by Gasteiger charge is -2.20. The topological polar surface area (TPSA) is 39.7 Å². The molecule has 0 amide bonds. The molecule has 17 heavy (non-hydrogen) atoms. The summed E-state index contributed by atoms with van der Waals surface area (Å²) >= 11 is 0. The summed E-state index contributed by atoms with van der Waals surface area (Å²) in [5.74, 6) is 1.70. The zero-order valence-corrected chi connectivity index (χ0v) is 11.4. The number of hydrogen-bond acceptors (Lipinski definition) is 2. The Morgan fingerprint density at radius 3 is 2.65 bits per heavy atom. The molecule has 0 aromatic carbocycles. The summed E-state index contributed by atoms with van der Waals surface area (Å²) in [7, 11) is 0. The lowest BCUT2D eigenvalue weighted by Crippen LogP contribution is -2.46. The standard InChI is InChI=1S/C13H26N4/c1-4-14-13(15-5-2)16-12-9-17(8-10(12)3)11-6-7-11/h10-12H,4-9H2,1-3H3,(H2,14,15,16). The molecule has 4 nitrogen and oxygen atoms in total. The Balaban J connectivity index is 1.86. The molecule has 0 aromatic rings. The van der Waals surface area contributed by atoms with Crippen LogP contribution in [-0.4, -0.2) is 49.1 Å². The van der Waals surface area contributed by atoms with E-state index in [9.17, 15) is 0 Å². The van der Waals surface area contributed by atoms with Crippen molar-refractivity contribution in [1.82, 2.24) is 15.5 Å². The van der Waals surface area contributed by atoms with Crippen LogP contribution in [0.5, 0.6) is 0 Å². The fraction of sp³-hybridized carbons (Fsp3) is 0.923. The normalized spacial score (nSPS) is 30.6. The largest absolute Gasteiger partial charge is 0.357 e. The molecule has 2 N–H and O–H groups in total. The molecule has 2 unspecified atom stereocenters. The van der Waals surface area contributed by atoms with E-state index < -0.39 is 0 Å². The highest BCUT2D eigenvalue weighted by Gasteiger charge is 2.38. The van der Waals surface area contributed by atoms with Gasteiger partial charge in [0.1, 0.15) is 0 Å². The summed E-state index contributed by atoms with van der Waals surface area (Å²) < 4.78 is 0. The van der Waals surface area contributed by atoms with E-state index in [1.807, 2.05) is 0 Å². The van der Waals surface area contributed by atoms with Crippen molar-refractivity contribution < 1.29 is 0 Å². The van der Waals surface area contributed by atoms with Gasteiger partial charge in [0.25, 0.3) is 0 Å². The van der Waals surface area contributed by atoms with E-state index in [2.05, 4.69) is 41.3 Å². The Hall–Kier alpha value is -0.770. The first kappa shape index (κ1) is 12.7. The van der Waals surface area contributed by atoms with E-state index in [1.54, 1.807) is 0 Å². The van der Waals surface area contributed by atoms with Crippen LogP contribution in [0.2, 0.25) is 0 Å². The molecule has 1 aliphatic carbocycles. The van der Waals surface area contributed by atoms with Crippen LogP contribution in [0.1, 0.15) is 33.6 Å². The van der Waals surface area contributed by atoms with Crippen LogP contribution in [0.15, 0.2) is 4.99 Å². The summed E-state index contributed by atoms with van der Waals surface area (Å²) in [5, 5.41) is 6.89. The van der Waals surface area contributed by atoms with Crippen molar-refractivity contribution in [1.29, 1.82) is 0 Å². The van der Waals surface area contributed by atoms with Gasteiger partial charge < -0.3 is 10.6 Å². The fourth-order valence-electron chi connectivity index (χ4n) is 2.58. The van der Waals surface area contributed by atoms with Crippen LogP contribution < -0.4 is 10.6 Å². The zero-order chi connectivity index (χ0) is 12.3. The Kier molecular flexibility index (Phi) is 4.26. The highest BCUT2D eigenvalue weighted by molar-refractivity contribution is 5.80. The lowest BCUT2D eigenvalue weighted by molar-refractivity contribution is 0.315. The molecule has 0 bridgehead atoms. The number of nitrogens with one attached hydrogen (secondary N) is 2. The third kappa shape index (κ3) is 3.35. The number of rotatable bonds is 4. The number of likely N-dealkylation sites (tertiary alicyclic amines) is 1. The van der Waals surface area contributed by atoms with Gasteiger partial charge >= 0.3 is 0 Å².